The van der Waals surface area contributed by atoms with Gasteiger partial charge in [-0.1, -0.05) is 11.8 Å². The van der Waals surface area contributed by atoms with Gasteiger partial charge in [0.2, 0.25) is 11.8 Å². The highest BCUT2D eigenvalue weighted by Crippen LogP contribution is 2.28. The van der Waals surface area contributed by atoms with Gasteiger partial charge in [0.15, 0.2) is 4.34 Å². The monoisotopic (exact) mass is 313 g/mol. The van der Waals surface area contributed by atoms with Crippen LogP contribution in [0.25, 0.3) is 0 Å². The molecular weight excluding hydrogens is 294 g/mol. The summed E-state index contributed by atoms with van der Waals surface area (Å²) in [5.74, 6) is 0.250. The third-order valence-electron chi connectivity index (χ3n) is 3.24. The fourth-order valence-electron chi connectivity index (χ4n) is 2.14. The van der Waals surface area contributed by atoms with Crippen LogP contribution in [0.15, 0.2) is 4.34 Å². The molecule has 7 heteroatoms. The van der Waals surface area contributed by atoms with Crippen LogP contribution in [0.4, 0.5) is 0 Å². The number of hydrogen-bond donors (Lipinski definition) is 1. The Morgan fingerprint density at radius 1 is 1.35 bits per heavy atom. The van der Waals surface area contributed by atoms with Crippen molar-refractivity contribution in [3.63, 3.8) is 0 Å². The summed E-state index contributed by atoms with van der Waals surface area (Å²) in [6, 6.07) is 0. The summed E-state index contributed by atoms with van der Waals surface area (Å²) in [4.78, 5) is 30.2. The maximum Gasteiger partial charge on any atom is 0.233 e. The van der Waals surface area contributed by atoms with E-state index in [0.717, 1.165) is 40.8 Å². The average molecular weight is 313 g/mol. The fraction of sp³-hybridized carbons (Fsp3) is 0.615. The number of primary amides is 1. The smallest absolute Gasteiger partial charge is 0.233 e. The SMILES string of the molecule is Cc1nc(SCC(=O)N2CCCCC2)sc1CC(N)=O. The molecule has 0 saturated carbocycles. The first kappa shape index (κ1) is 15.3. The maximum absolute atomic E-state index is 12.0. The van der Waals surface area contributed by atoms with E-state index in [0.29, 0.717) is 5.75 Å². The second kappa shape index (κ2) is 7.08. The Kier molecular flexibility index (Phi) is 5.42. The van der Waals surface area contributed by atoms with Crippen molar-refractivity contribution >= 4 is 34.9 Å². The Morgan fingerprint density at radius 2 is 2.05 bits per heavy atom. The minimum atomic E-state index is -0.349. The average Bonchev–Trinajstić information content (AvgIpc) is 2.77. The van der Waals surface area contributed by atoms with Gasteiger partial charge in [-0.25, -0.2) is 4.98 Å². The molecule has 2 amide bonds. The third kappa shape index (κ3) is 4.21. The molecule has 1 saturated heterocycles. The van der Waals surface area contributed by atoms with Crippen molar-refractivity contribution in [2.75, 3.05) is 18.8 Å². The van der Waals surface area contributed by atoms with Crippen LogP contribution in [0.1, 0.15) is 29.8 Å². The van der Waals surface area contributed by atoms with Gasteiger partial charge in [0.1, 0.15) is 0 Å². The molecule has 0 unspecified atom stereocenters. The third-order valence-corrected chi connectivity index (χ3v) is 5.52. The first-order chi connectivity index (χ1) is 9.56. The van der Waals surface area contributed by atoms with E-state index in [4.69, 9.17) is 5.73 Å². The molecule has 110 valence electrons. The Morgan fingerprint density at radius 3 is 2.70 bits per heavy atom. The quantitative estimate of drug-likeness (QED) is 0.837. The highest BCUT2D eigenvalue weighted by Gasteiger charge is 2.18. The van der Waals surface area contributed by atoms with E-state index in [1.165, 1.54) is 29.5 Å². The Balaban J connectivity index is 1.87. The molecule has 0 radical (unpaired) electrons. The summed E-state index contributed by atoms with van der Waals surface area (Å²) in [7, 11) is 0. The van der Waals surface area contributed by atoms with Crippen LogP contribution >= 0.6 is 23.1 Å². The predicted molar refractivity (Wildman–Crippen MR) is 80.9 cm³/mol. The molecule has 2 N–H and O–H groups in total. The van der Waals surface area contributed by atoms with E-state index in [2.05, 4.69) is 4.98 Å². The minimum Gasteiger partial charge on any atom is -0.369 e. The molecule has 20 heavy (non-hydrogen) atoms. The lowest BCUT2D eigenvalue weighted by Crippen LogP contribution is -2.36. The molecule has 1 aliphatic heterocycles. The molecular formula is C13H19N3O2S2. The Labute approximate surface area is 126 Å². The van der Waals surface area contributed by atoms with Crippen molar-refractivity contribution in [3.8, 4) is 0 Å². The summed E-state index contributed by atoms with van der Waals surface area (Å²) in [6.07, 6.45) is 3.66. The van der Waals surface area contributed by atoms with Gasteiger partial charge in [-0.3, -0.25) is 9.59 Å². The summed E-state index contributed by atoms with van der Waals surface area (Å²) in [5, 5.41) is 0. The van der Waals surface area contributed by atoms with E-state index in [9.17, 15) is 9.59 Å². The van der Waals surface area contributed by atoms with E-state index < -0.39 is 0 Å². The molecule has 1 fully saturated rings. The van der Waals surface area contributed by atoms with Crippen LogP contribution in [0, 0.1) is 6.92 Å². The molecule has 1 aliphatic rings. The van der Waals surface area contributed by atoms with Gasteiger partial charge in [0, 0.05) is 18.0 Å². The number of aromatic nitrogens is 1. The van der Waals surface area contributed by atoms with Crippen LogP contribution in [0.3, 0.4) is 0 Å². The molecule has 0 aromatic carbocycles. The second-order valence-electron chi connectivity index (χ2n) is 4.86. The molecule has 0 atom stereocenters. The molecule has 0 aliphatic carbocycles. The van der Waals surface area contributed by atoms with Gasteiger partial charge >= 0.3 is 0 Å². The summed E-state index contributed by atoms with van der Waals surface area (Å²) in [5.41, 5.74) is 6.03. The van der Waals surface area contributed by atoms with Crippen molar-refractivity contribution in [2.24, 2.45) is 5.73 Å². The van der Waals surface area contributed by atoms with Crippen LogP contribution in [-0.2, 0) is 16.0 Å². The number of rotatable bonds is 5. The second-order valence-corrected chi connectivity index (χ2v) is 7.17. The number of thiazole rings is 1. The largest absolute Gasteiger partial charge is 0.369 e. The van der Waals surface area contributed by atoms with Gasteiger partial charge < -0.3 is 10.6 Å². The zero-order valence-corrected chi connectivity index (χ0v) is 13.2. The van der Waals surface area contributed by atoms with Crippen molar-refractivity contribution in [1.82, 2.24) is 9.88 Å². The lowest BCUT2D eigenvalue weighted by molar-refractivity contribution is -0.129. The normalized spacial score (nSPS) is 15.3. The van der Waals surface area contributed by atoms with Crippen molar-refractivity contribution in [3.05, 3.63) is 10.6 Å². The zero-order valence-electron chi connectivity index (χ0n) is 11.6. The Bertz CT molecular complexity index is 496. The lowest BCUT2D eigenvalue weighted by Gasteiger charge is -2.26. The standard InChI is InChI=1S/C13H19N3O2S2/c1-9-10(7-11(14)17)20-13(15-9)19-8-12(18)16-5-3-2-4-6-16/h2-8H2,1H3,(H2,14,17). The van der Waals surface area contributed by atoms with E-state index in [-0.39, 0.29) is 18.2 Å². The Hall–Kier alpha value is -1.08. The number of aryl methyl sites for hydroxylation is 1. The number of carbonyl (C=O) groups excluding carboxylic acids is 2. The first-order valence-electron chi connectivity index (χ1n) is 6.71. The van der Waals surface area contributed by atoms with E-state index in [1.807, 2.05) is 11.8 Å². The number of amides is 2. The number of hydrogen-bond acceptors (Lipinski definition) is 5. The summed E-state index contributed by atoms with van der Waals surface area (Å²) < 4.78 is 0.837. The van der Waals surface area contributed by atoms with Crippen molar-refractivity contribution in [2.45, 2.75) is 36.9 Å². The number of nitrogens with two attached hydrogens (primary N) is 1. The van der Waals surface area contributed by atoms with E-state index in [1.54, 1.807) is 0 Å². The molecule has 1 aromatic heterocycles. The maximum atomic E-state index is 12.0. The van der Waals surface area contributed by atoms with Gasteiger partial charge in [-0.05, 0) is 26.2 Å². The number of carbonyl (C=O) groups is 2. The van der Waals surface area contributed by atoms with Crippen LogP contribution in [-0.4, -0.2) is 40.5 Å². The zero-order chi connectivity index (χ0) is 14.5. The number of likely N-dealkylation sites (tertiary alicyclic amines) is 1. The highest BCUT2D eigenvalue weighted by molar-refractivity contribution is 8.01. The van der Waals surface area contributed by atoms with Crippen molar-refractivity contribution in [1.29, 1.82) is 0 Å². The van der Waals surface area contributed by atoms with Crippen LogP contribution in [0.5, 0.6) is 0 Å². The molecule has 2 heterocycles. The molecule has 2 rings (SSSR count). The van der Waals surface area contributed by atoms with Gasteiger partial charge in [0.25, 0.3) is 0 Å². The van der Waals surface area contributed by atoms with Crippen molar-refractivity contribution < 1.29 is 9.59 Å². The first-order valence-corrected chi connectivity index (χ1v) is 8.51. The minimum absolute atomic E-state index is 0.180. The number of piperidine rings is 1. The number of thioether (sulfide) groups is 1. The van der Waals surface area contributed by atoms with Crippen LogP contribution < -0.4 is 5.73 Å². The topological polar surface area (TPSA) is 76.3 Å². The van der Waals surface area contributed by atoms with Gasteiger partial charge in [-0.2, -0.15) is 0 Å². The lowest BCUT2D eigenvalue weighted by atomic mass is 10.1. The molecule has 5 nitrogen and oxygen atoms in total. The molecule has 0 bridgehead atoms. The number of nitrogens with zero attached hydrogens (tertiary/aromatic N) is 2. The van der Waals surface area contributed by atoms with Crippen LogP contribution in [0.2, 0.25) is 0 Å². The molecule has 0 spiro atoms. The van der Waals surface area contributed by atoms with Gasteiger partial charge in [-0.15, -0.1) is 11.3 Å². The predicted octanol–water partition coefficient (Wildman–Crippen LogP) is 1.58. The van der Waals surface area contributed by atoms with E-state index >= 15 is 0 Å². The highest BCUT2D eigenvalue weighted by atomic mass is 32.2. The molecule has 1 aromatic rings. The fourth-order valence-corrected chi connectivity index (χ4v) is 4.29. The summed E-state index contributed by atoms with van der Waals surface area (Å²) >= 11 is 2.91. The van der Waals surface area contributed by atoms with Gasteiger partial charge in [0.05, 0.1) is 17.9 Å². The summed E-state index contributed by atoms with van der Waals surface area (Å²) in [6.45, 7) is 3.62.